The van der Waals surface area contributed by atoms with Crippen LogP contribution in [0.4, 0.5) is 5.69 Å². The van der Waals surface area contributed by atoms with Crippen molar-refractivity contribution in [3.8, 4) is 0 Å². The molecule has 2 aliphatic rings. The SMILES string of the molecule is CC[C@H]1CN(CCC(=O)N2CCc3ccccc32)CCN1C[C@H](C)O. The summed E-state index contributed by atoms with van der Waals surface area (Å²) in [6.45, 7) is 9.40. The van der Waals surface area contributed by atoms with Gasteiger partial charge in [-0.3, -0.25) is 14.6 Å². The first-order valence-electron chi connectivity index (χ1n) is 9.61. The van der Waals surface area contributed by atoms with Gasteiger partial charge in [-0.2, -0.15) is 0 Å². The number of carbonyl (C=O) groups excluding carboxylic acids is 1. The zero-order valence-electron chi connectivity index (χ0n) is 15.5. The summed E-state index contributed by atoms with van der Waals surface area (Å²) in [7, 11) is 0. The third-order valence-corrected chi connectivity index (χ3v) is 5.49. The van der Waals surface area contributed by atoms with E-state index in [-0.39, 0.29) is 12.0 Å². The summed E-state index contributed by atoms with van der Waals surface area (Å²) in [5, 5.41) is 9.66. The van der Waals surface area contributed by atoms with Crippen LogP contribution in [0.15, 0.2) is 24.3 Å². The van der Waals surface area contributed by atoms with Crippen LogP contribution in [-0.4, -0.2) is 72.2 Å². The fourth-order valence-electron chi connectivity index (χ4n) is 4.11. The fourth-order valence-corrected chi connectivity index (χ4v) is 4.11. The smallest absolute Gasteiger partial charge is 0.228 e. The van der Waals surface area contributed by atoms with E-state index in [1.165, 1.54) is 5.56 Å². The number of carbonyl (C=O) groups is 1. The number of benzene rings is 1. The number of piperazine rings is 1. The largest absolute Gasteiger partial charge is 0.392 e. The highest BCUT2D eigenvalue weighted by Gasteiger charge is 2.28. The zero-order chi connectivity index (χ0) is 17.8. The molecule has 2 heterocycles. The molecule has 138 valence electrons. The van der Waals surface area contributed by atoms with Crippen molar-refractivity contribution in [2.45, 2.75) is 45.3 Å². The molecule has 1 aromatic carbocycles. The van der Waals surface area contributed by atoms with Crippen molar-refractivity contribution in [1.82, 2.24) is 9.80 Å². The monoisotopic (exact) mass is 345 g/mol. The Morgan fingerprint density at radius 1 is 1.28 bits per heavy atom. The lowest BCUT2D eigenvalue weighted by Crippen LogP contribution is -2.54. The molecule has 1 fully saturated rings. The van der Waals surface area contributed by atoms with Crippen LogP contribution in [0.2, 0.25) is 0 Å². The molecular weight excluding hydrogens is 314 g/mol. The molecule has 0 saturated carbocycles. The van der Waals surface area contributed by atoms with Crippen LogP contribution >= 0.6 is 0 Å². The van der Waals surface area contributed by atoms with Gasteiger partial charge in [0.2, 0.25) is 5.91 Å². The molecule has 1 amide bonds. The molecule has 2 atom stereocenters. The van der Waals surface area contributed by atoms with Crippen LogP contribution in [0.25, 0.3) is 0 Å². The standard InChI is InChI=1S/C20H31N3O2/c1-3-18-15-21(12-13-22(18)14-16(2)24)10-9-20(25)23-11-8-17-6-4-5-7-19(17)23/h4-7,16,18,24H,3,8-15H2,1-2H3/t16-,18-/m0/s1. The van der Waals surface area contributed by atoms with Crippen LogP contribution in [0, 0.1) is 0 Å². The summed E-state index contributed by atoms with van der Waals surface area (Å²) in [6.07, 6.45) is 2.35. The van der Waals surface area contributed by atoms with E-state index in [2.05, 4.69) is 28.9 Å². The third kappa shape index (κ3) is 4.40. The average Bonchev–Trinajstić information content (AvgIpc) is 3.04. The summed E-state index contributed by atoms with van der Waals surface area (Å²) in [6, 6.07) is 8.71. The van der Waals surface area contributed by atoms with Crippen molar-refractivity contribution in [3.63, 3.8) is 0 Å². The van der Waals surface area contributed by atoms with E-state index in [1.54, 1.807) is 0 Å². The van der Waals surface area contributed by atoms with E-state index in [0.717, 1.165) is 57.8 Å². The van der Waals surface area contributed by atoms with Gasteiger partial charge in [-0.15, -0.1) is 0 Å². The quantitative estimate of drug-likeness (QED) is 0.853. The average molecular weight is 345 g/mol. The lowest BCUT2D eigenvalue weighted by molar-refractivity contribution is -0.119. The number of hydrogen-bond acceptors (Lipinski definition) is 4. The predicted octanol–water partition coefficient (Wildman–Crippen LogP) is 1.74. The number of hydrogen-bond donors (Lipinski definition) is 1. The molecule has 0 aliphatic carbocycles. The second kappa shape index (κ2) is 8.30. The first-order valence-corrected chi connectivity index (χ1v) is 9.61. The number of aliphatic hydroxyl groups excluding tert-OH is 1. The number of rotatable bonds is 6. The second-order valence-corrected chi connectivity index (χ2v) is 7.38. The number of amides is 1. The van der Waals surface area contributed by atoms with E-state index in [1.807, 2.05) is 24.0 Å². The van der Waals surface area contributed by atoms with Gasteiger partial charge in [0.15, 0.2) is 0 Å². The minimum absolute atomic E-state index is 0.240. The Bertz CT molecular complexity index is 590. The van der Waals surface area contributed by atoms with E-state index in [0.29, 0.717) is 12.5 Å². The molecule has 0 bridgehead atoms. The first kappa shape index (κ1) is 18.4. The number of anilines is 1. The van der Waals surface area contributed by atoms with Crippen molar-refractivity contribution >= 4 is 11.6 Å². The summed E-state index contributed by atoms with van der Waals surface area (Å²) < 4.78 is 0. The molecule has 0 unspecified atom stereocenters. The molecule has 5 heteroatoms. The maximum absolute atomic E-state index is 12.7. The molecule has 0 radical (unpaired) electrons. The second-order valence-electron chi connectivity index (χ2n) is 7.38. The Morgan fingerprint density at radius 2 is 2.08 bits per heavy atom. The highest BCUT2D eigenvalue weighted by atomic mass is 16.3. The molecule has 3 rings (SSSR count). The summed E-state index contributed by atoms with van der Waals surface area (Å²) in [4.78, 5) is 19.4. The van der Waals surface area contributed by atoms with E-state index >= 15 is 0 Å². The molecule has 1 aromatic rings. The van der Waals surface area contributed by atoms with Crippen LogP contribution < -0.4 is 4.90 Å². The van der Waals surface area contributed by atoms with Crippen molar-refractivity contribution in [1.29, 1.82) is 0 Å². The maximum atomic E-state index is 12.7. The molecule has 1 saturated heterocycles. The number of fused-ring (bicyclic) bond motifs is 1. The van der Waals surface area contributed by atoms with Gasteiger partial charge in [0.25, 0.3) is 0 Å². The lowest BCUT2D eigenvalue weighted by Gasteiger charge is -2.41. The van der Waals surface area contributed by atoms with Crippen molar-refractivity contribution in [3.05, 3.63) is 29.8 Å². The molecule has 1 N–H and O–H groups in total. The van der Waals surface area contributed by atoms with Crippen LogP contribution in [0.5, 0.6) is 0 Å². The number of aliphatic hydroxyl groups is 1. The van der Waals surface area contributed by atoms with E-state index < -0.39 is 0 Å². The zero-order valence-corrected chi connectivity index (χ0v) is 15.5. The number of nitrogens with zero attached hydrogens (tertiary/aromatic N) is 3. The van der Waals surface area contributed by atoms with Crippen molar-refractivity contribution < 1.29 is 9.90 Å². The van der Waals surface area contributed by atoms with Gasteiger partial charge in [0, 0.05) is 57.4 Å². The van der Waals surface area contributed by atoms with Gasteiger partial charge in [0.1, 0.15) is 0 Å². The maximum Gasteiger partial charge on any atom is 0.228 e. The third-order valence-electron chi connectivity index (χ3n) is 5.49. The van der Waals surface area contributed by atoms with Crippen LogP contribution in [0.1, 0.15) is 32.3 Å². The molecule has 0 spiro atoms. The molecule has 25 heavy (non-hydrogen) atoms. The Balaban J connectivity index is 1.50. The van der Waals surface area contributed by atoms with Crippen molar-refractivity contribution in [2.24, 2.45) is 0 Å². The van der Waals surface area contributed by atoms with Crippen LogP contribution in [-0.2, 0) is 11.2 Å². The van der Waals surface area contributed by atoms with Gasteiger partial charge >= 0.3 is 0 Å². The molecular formula is C20H31N3O2. The van der Waals surface area contributed by atoms with Gasteiger partial charge in [0.05, 0.1) is 6.10 Å². The molecule has 0 aromatic heterocycles. The molecule has 2 aliphatic heterocycles. The van der Waals surface area contributed by atoms with Crippen molar-refractivity contribution in [2.75, 3.05) is 44.2 Å². The normalized spacial score (nSPS) is 22.8. The highest BCUT2D eigenvalue weighted by Crippen LogP contribution is 2.28. The Kier molecular flexibility index (Phi) is 6.10. The number of para-hydroxylation sites is 1. The Morgan fingerprint density at radius 3 is 2.84 bits per heavy atom. The van der Waals surface area contributed by atoms with E-state index in [9.17, 15) is 9.90 Å². The minimum Gasteiger partial charge on any atom is -0.392 e. The van der Waals surface area contributed by atoms with Gasteiger partial charge in [-0.1, -0.05) is 25.1 Å². The Labute approximate surface area is 151 Å². The minimum atomic E-state index is -0.280. The summed E-state index contributed by atoms with van der Waals surface area (Å²) in [5.74, 6) is 0.240. The summed E-state index contributed by atoms with van der Waals surface area (Å²) in [5.41, 5.74) is 2.38. The topological polar surface area (TPSA) is 47.0 Å². The summed E-state index contributed by atoms with van der Waals surface area (Å²) >= 11 is 0. The molecule has 5 nitrogen and oxygen atoms in total. The van der Waals surface area contributed by atoms with Gasteiger partial charge in [-0.05, 0) is 31.4 Å². The fraction of sp³-hybridized carbons (Fsp3) is 0.650. The lowest BCUT2D eigenvalue weighted by atomic mass is 10.1. The van der Waals surface area contributed by atoms with Crippen LogP contribution in [0.3, 0.4) is 0 Å². The number of β-amino-alcohol motifs (C(OH)–C–C–N with tert-alkyl or cyclic N) is 1. The van der Waals surface area contributed by atoms with Gasteiger partial charge in [-0.25, -0.2) is 0 Å². The van der Waals surface area contributed by atoms with E-state index in [4.69, 9.17) is 0 Å². The van der Waals surface area contributed by atoms with Gasteiger partial charge < -0.3 is 10.0 Å². The highest BCUT2D eigenvalue weighted by molar-refractivity contribution is 5.95. The predicted molar refractivity (Wildman–Crippen MR) is 101 cm³/mol. The first-order chi connectivity index (χ1) is 12.1. The Hall–Kier alpha value is -1.43.